The fourth-order valence-corrected chi connectivity index (χ4v) is 3.70. The van der Waals surface area contributed by atoms with Crippen LogP contribution in [0.1, 0.15) is 28.4 Å². The molecule has 1 saturated heterocycles. The van der Waals surface area contributed by atoms with Crippen LogP contribution in [-0.2, 0) is 9.53 Å². The van der Waals surface area contributed by atoms with Crippen molar-refractivity contribution in [1.29, 1.82) is 0 Å². The molecule has 2 aromatic carbocycles. The third-order valence-electron chi connectivity index (χ3n) is 5.44. The van der Waals surface area contributed by atoms with Gasteiger partial charge in [0.25, 0.3) is 11.6 Å². The monoisotopic (exact) mass is 474 g/mol. The minimum absolute atomic E-state index is 0.0267. The Bertz CT molecular complexity index is 1090. The topological polar surface area (TPSA) is 142 Å². The number of amides is 2. The number of ether oxygens (including phenoxy) is 1. The average Bonchev–Trinajstić information content (AvgIpc) is 2.83. The number of aliphatic carboxylic acids is 1. The van der Waals surface area contributed by atoms with Crippen molar-refractivity contribution in [3.8, 4) is 0 Å². The zero-order valence-corrected chi connectivity index (χ0v) is 18.3. The molecule has 11 nitrogen and oxygen atoms in total. The number of carboxylic acids is 1. The van der Waals surface area contributed by atoms with Gasteiger partial charge < -0.3 is 25.0 Å². The second-order valence-electron chi connectivity index (χ2n) is 7.58. The van der Waals surface area contributed by atoms with E-state index in [0.717, 1.165) is 18.2 Å². The molecule has 1 heterocycles. The molecule has 34 heavy (non-hydrogen) atoms. The molecule has 1 aliphatic heterocycles. The van der Waals surface area contributed by atoms with Gasteiger partial charge in [-0.2, -0.15) is 0 Å². The number of halogens is 1. The van der Waals surface area contributed by atoms with Crippen LogP contribution in [0.4, 0.5) is 20.6 Å². The van der Waals surface area contributed by atoms with E-state index in [1.807, 2.05) is 0 Å². The van der Waals surface area contributed by atoms with Gasteiger partial charge in [0.05, 0.1) is 24.5 Å². The molecule has 3 rings (SSSR count). The molecule has 12 heteroatoms. The lowest BCUT2D eigenvalue weighted by Crippen LogP contribution is -2.48. The fraction of sp³-hybridized carbons (Fsp3) is 0.318. The smallest absolute Gasteiger partial charge is 0.409 e. The van der Waals surface area contributed by atoms with E-state index in [1.165, 1.54) is 36.3 Å². The van der Waals surface area contributed by atoms with Crippen LogP contribution in [0, 0.1) is 15.9 Å². The van der Waals surface area contributed by atoms with Crippen molar-refractivity contribution in [2.75, 3.05) is 38.2 Å². The Kier molecular flexibility index (Phi) is 7.61. The van der Waals surface area contributed by atoms with Crippen LogP contribution in [0.25, 0.3) is 0 Å². The van der Waals surface area contributed by atoms with E-state index in [1.54, 1.807) is 4.90 Å². The molecular weight excluding hydrogens is 451 g/mol. The minimum atomic E-state index is -1.18. The van der Waals surface area contributed by atoms with Crippen LogP contribution >= 0.6 is 0 Å². The van der Waals surface area contributed by atoms with Gasteiger partial charge in [-0.15, -0.1) is 0 Å². The standard InChI is InChI=1S/C22H23FN4O7/c1-34-22(31)26-10-8-25(9-11-26)18-7-4-15(12-19(18)27(32)33)21(30)24-17(13-20(28)29)14-2-5-16(23)6-3-14/h2-7,12,17H,8-11,13H2,1H3,(H,24,30)(H,28,29). The van der Waals surface area contributed by atoms with Crippen molar-refractivity contribution in [1.82, 2.24) is 10.2 Å². The van der Waals surface area contributed by atoms with E-state index in [2.05, 4.69) is 10.1 Å². The molecule has 0 aliphatic carbocycles. The van der Waals surface area contributed by atoms with Crippen molar-refractivity contribution in [2.45, 2.75) is 12.5 Å². The maximum atomic E-state index is 13.2. The highest BCUT2D eigenvalue weighted by molar-refractivity contribution is 5.96. The van der Waals surface area contributed by atoms with Gasteiger partial charge in [-0.1, -0.05) is 12.1 Å². The van der Waals surface area contributed by atoms with Gasteiger partial charge in [0.1, 0.15) is 11.5 Å². The van der Waals surface area contributed by atoms with Crippen LogP contribution < -0.4 is 10.2 Å². The fourth-order valence-electron chi connectivity index (χ4n) is 3.70. The van der Waals surface area contributed by atoms with E-state index in [-0.39, 0.29) is 11.3 Å². The number of anilines is 1. The first kappa shape index (κ1) is 24.4. The average molecular weight is 474 g/mol. The quantitative estimate of drug-likeness (QED) is 0.461. The van der Waals surface area contributed by atoms with Gasteiger partial charge in [-0.25, -0.2) is 9.18 Å². The SMILES string of the molecule is COC(=O)N1CCN(c2ccc(C(=O)NC(CC(=O)O)c3ccc(F)cc3)cc2[N+](=O)[O-])CC1. The van der Waals surface area contributed by atoms with Crippen molar-refractivity contribution in [3.63, 3.8) is 0 Å². The highest BCUT2D eigenvalue weighted by Crippen LogP contribution is 2.30. The molecular formula is C22H23FN4O7. The molecule has 2 amide bonds. The number of rotatable bonds is 7. The number of carbonyl (C=O) groups is 3. The first-order valence-corrected chi connectivity index (χ1v) is 10.3. The number of carboxylic acid groups (broad SMARTS) is 1. The van der Waals surface area contributed by atoms with Crippen LogP contribution in [0.15, 0.2) is 42.5 Å². The predicted octanol–water partition coefficient (Wildman–Crippen LogP) is 2.57. The minimum Gasteiger partial charge on any atom is -0.481 e. The Morgan fingerprint density at radius 1 is 1.15 bits per heavy atom. The summed E-state index contributed by atoms with van der Waals surface area (Å²) >= 11 is 0. The van der Waals surface area contributed by atoms with Crippen molar-refractivity contribution in [2.24, 2.45) is 0 Å². The number of hydrogen-bond acceptors (Lipinski definition) is 7. The zero-order valence-electron chi connectivity index (χ0n) is 18.3. The summed E-state index contributed by atoms with van der Waals surface area (Å²) in [7, 11) is 1.28. The summed E-state index contributed by atoms with van der Waals surface area (Å²) in [4.78, 5) is 50.1. The van der Waals surface area contributed by atoms with Crippen LogP contribution in [0.2, 0.25) is 0 Å². The van der Waals surface area contributed by atoms with E-state index < -0.39 is 41.2 Å². The molecule has 2 aromatic rings. The Morgan fingerprint density at radius 2 is 1.79 bits per heavy atom. The van der Waals surface area contributed by atoms with Gasteiger partial charge in [0.15, 0.2) is 0 Å². The van der Waals surface area contributed by atoms with Gasteiger partial charge in [0.2, 0.25) is 0 Å². The summed E-state index contributed by atoms with van der Waals surface area (Å²) in [5.74, 6) is -2.40. The zero-order chi connectivity index (χ0) is 24.8. The highest BCUT2D eigenvalue weighted by atomic mass is 19.1. The van der Waals surface area contributed by atoms with E-state index in [0.29, 0.717) is 37.4 Å². The number of hydrogen-bond donors (Lipinski definition) is 2. The Labute approximate surface area is 193 Å². The summed E-state index contributed by atoms with van der Waals surface area (Å²) < 4.78 is 17.9. The highest BCUT2D eigenvalue weighted by Gasteiger charge is 2.28. The summed E-state index contributed by atoms with van der Waals surface area (Å²) in [6.07, 6.45) is -0.930. The van der Waals surface area contributed by atoms with Gasteiger partial charge in [0, 0.05) is 37.8 Å². The molecule has 0 aromatic heterocycles. The number of benzene rings is 2. The normalized spacial score (nSPS) is 14.3. The number of piperazine rings is 1. The predicted molar refractivity (Wildman–Crippen MR) is 118 cm³/mol. The van der Waals surface area contributed by atoms with Crippen molar-refractivity contribution in [3.05, 3.63) is 69.5 Å². The molecule has 0 saturated carbocycles. The van der Waals surface area contributed by atoms with Gasteiger partial charge in [-0.3, -0.25) is 19.7 Å². The number of nitro groups is 1. The number of carbonyl (C=O) groups excluding carboxylic acids is 2. The lowest BCUT2D eigenvalue weighted by molar-refractivity contribution is -0.384. The molecule has 1 unspecified atom stereocenters. The first-order chi connectivity index (χ1) is 16.2. The number of nitro benzene ring substituents is 1. The summed E-state index contributed by atoms with van der Waals surface area (Å²) in [5.41, 5.74) is 0.357. The Balaban J connectivity index is 1.80. The second kappa shape index (κ2) is 10.6. The summed E-state index contributed by atoms with van der Waals surface area (Å²) in [6.45, 7) is 1.32. The molecule has 1 fully saturated rings. The van der Waals surface area contributed by atoms with Gasteiger partial charge >= 0.3 is 12.1 Å². The van der Waals surface area contributed by atoms with Crippen molar-refractivity contribution >= 4 is 29.3 Å². The van der Waals surface area contributed by atoms with E-state index in [4.69, 9.17) is 0 Å². The molecule has 0 spiro atoms. The second-order valence-corrected chi connectivity index (χ2v) is 7.58. The largest absolute Gasteiger partial charge is 0.481 e. The number of nitrogens with one attached hydrogen (secondary N) is 1. The first-order valence-electron chi connectivity index (χ1n) is 10.3. The molecule has 1 atom stereocenters. The summed E-state index contributed by atoms with van der Waals surface area (Å²) in [6, 6.07) is 8.05. The number of methoxy groups -OCH3 is 1. The maximum absolute atomic E-state index is 13.2. The van der Waals surface area contributed by atoms with Crippen LogP contribution in [0.5, 0.6) is 0 Å². The Morgan fingerprint density at radius 3 is 2.35 bits per heavy atom. The molecule has 180 valence electrons. The molecule has 0 bridgehead atoms. The number of nitrogens with zero attached hydrogens (tertiary/aromatic N) is 3. The molecule has 1 aliphatic rings. The van der Waals surface area contributed by atoms with Gasteiger partial charge in [-0.05, 0) is 29.8 Å². The molecule has 2 N–H and O–H groups in total. The molecule has 0 radical (unpaired) electrons. The van der Waals surface area contributed by atoms with Crippen LogP contribution in [-0.4, -0.2) is 66.2 Å². The maximum Gasteiger partial charge on any atom is 0.409 e. The van der Waals surface area contributed by atoms with Crippen LogP contribution in [0.3, 0.4) is 0 Å². The lowest BCUT2D eigenvalue weighted by Gasteiger charge is -2.34. The van der Waals surface area contributed by atoms with E-state index in [9.17, 15) is 34.0 Å². The third-order valence-corrected chi connectivity index (χ3v) is 5.44. The van der Waals surface area contributed by atoms with Crippen molar-refractivity contribution < 1.29 is 33.5 Å². The third kappa shape index (κ3) is 5.77. The summed E-state index contributed by atoms with van der Waals surface area (Å²) in [5, 5.41) is 23.5. The lowest BCUT2D eigenvalue weighted by atomic mass is 10.0. The van der Waals surface area contributed by atoms with E-state index >= 15 is 0 Å². The Hall–Kier alpha value is -4.22.